The molecule has 0 spiro atoms. The minimum atomic E-state index is 0.365. The quantitative estimate of drug-likeness (QED) is 0.649. The van der Waals surface area contributed by atoms with Gasteiger partial charge in [0.25, 0.3) is 0 Å². The van der Waals surface area contributed by atoms with Gasteiger partial charge >= 0.3 is 0 Å². The smallest absolute Gasteiger partial charge is 0.172 e. The largest absolute Gasteiger partial charge is 0.497 e. The molecule has 7 nitrogen and oxygen atoms in total. The van der Waals surface area contributed by atoms with Crippen molar-refractivity contribution in [1.29, 1.82) is 5.26 Å². The third-order valence-corrected chi connectivity index (χ3v) is 2.63. The Morgan fingerprint density at radius 1 is 1.38 bits per heavy atom. The van der Waals surface area contributed by atoms with Gasteiger partial charge in [0.05, 0.1) is 13.4 Å². The fraction of sp³-hybridized carbons (Fsp3) is 0.214. The van der Waals surface area contributed by atoms with Crippen LogP contribution in [0.3, 0.4) is 0 Å². The Hall–Kier alpha value is -3.01. The van der Waals surface area contributed by atoms with E-state index in [-0.39, 0.29) is 0 Å². The van der Waals surface area contributed by atoms with E-state index in [4.69, 9.17) is 4.74 Å². The summed E-state index contributed by atoms with van der Waals surface area (Å²) in [6.45, 7) is 0. The molecule has 0 radical (unpaired) electrons. The fourth-order valence-electron chi connectivity index (χ4n) is 1.61. The number of nitrogens with zero attached hydrogens (tertiary/aromatic N) is 4. The lowest BCUT2D eigenvalue weighted by Gasteiger charge is -2.04. The number of nitriles is 1. The van der Waals surface area contributed by atoms with Gasteiger partial charge < -0.3 is 15.0 Å². The van der Waals surface area contributed by atoms with Gasteiger partial charge in [-0.05, 0) is 24.3 Å². The monoisotopic (exact) mass is 284 g/mol. The summed E-state index contributed by atoms with van der Waals surface area (Å²) in [7, 11) is 5.31. The second-order valence-corrected chi connectivity index (χ2v) is 4.47. The average molecular weight is 284 g/mol. The number of aromatic amines is 1. The van der Waals surface area contributed by atoms with E-state index in [1.807, 2.05) is 38.4 Å². The van der Waals surface area contributed by atoms with Gasteiger partial charge in [0.2, 0.25) is 0 Å². The number of rotatable bonds is 5. The van der Waals surface area contributed by atoms with Crippen molar-refractivity contribution in [1.82, 2.24) is 15.1 Å². The minimum absolute atomic E-state index is 0.365. The Morgan fingerprint density at radius 2 is 2.10 bits per heavy atom. The molecule has 0 atom stereocenters. The molecule has 1 aromatic carbocycles. The number of methoxy groups -OCH3 is 1. The van der Waals surface area contributed by atoms with Crippen LogP contribution in [-0.2, 0) is 0 Å². The number of hydrogen-bond donors (Lipinski definition) is 2. The maximum absolute atomic E-state index is 9.26. The first-order chi connectivity index (χ1) is 10.1. The van der Waals surface area contributed by atoms with Crippen molar-refractivity contribution in [2.45, 2.75) is 0 Å². The lowest BCUT2D eigenvalue weighted by atomic mass is 10.2. The highest BCUT2D eigenvalue weighted by Gasteiger charge is 2.12. The summed E-state index contributed by atoms with van der Waals surface area (Å²) in [5, 5.41) is 19.2. The van der Waals surface area contributed by atoms with E-state index in [9.17, 15) is 5.26 Å². The lowest BCUT2D eigenvalue weighted by molar-refractivity contribution is 0.415. The molecule has 0 fully saturated rings. The Morgan fingerprint density at radius 3 is 2.67 bits per heavy atom. The van der Waals surface area contributed by atoms with E-state index >= 15 is 0 Å². The van der Waals surface area contributed by atoms with Crippen LogP contribution in [0, 0.1) is 11.3 Å². The van der Waals surface area contributed by atoms with Crippen LogP contribution in [0.15, 0.2) is 29.3 Å². The predicted molar refractivity (Wildman–Crippen MR) is 81.4 cm³/mol. The first kappa shape index (κ1) is 14.4. The molecule has 2 aromatic rings. The Bertz CT molecular complexity index is 666. The van der Waals surface area contributed by atoms with Crippen LogP contribution in [0.25, 0.3) is 0 Å². The zero-order chi connectivity index (χ0) is 15.2. The topological polar surface area (TPSA) is 89.3 Å². The first-order valence-corrected chi connectivity index (χ1v) is 6.24. The van der Waals surface area contributed by atoms with Gasteiger partial charge in [0.1, 0.15) is 17.4 Å². The average Bonchev–Trinajstić information content (AvgIpc) is 2.87. The number of nitrogens with one attached hydrogen (secondary N) is 2. The van der Waals surface area contributed by atoms with E-state index in [0.717, 1.165) is 11.4 Å². The zero-order valence-electron chi connectivity index (χ0n) is 12.1. The van der Waals surface area contributed by atoms with Gasteiger partial charge in [-0.25, -0.2) is 4.99 Å². The van der Waals surface area contributed by atoms with Crippen LogP contribution in [0.2, 0.25) is 0 Å². The molecule has 0 aliphatic rings. The van der Waals surface area contributed by atoms with Gasteiger partial charge in [-0.3, -0.25) is 5.10 Å². The summed E-state index contributed by atoms with van der Waals surface area (Å²) in [6, 6.07) is 9.44. The molecule has 1 aromatic heterocycles. The Kier molecular flexibility index (Phi) is 4.41. The third-order valence-electron chi connectivity index (χ3n) is 2.63. The van der Waals surface area contributed by atoms with Crippen LogP contribution in [0.4, 0.5) is 17.3 Å². The molecule has 0 bridgehead atoms. The molecule has 0 unspecified atom stereocenters. The van der Waals surface area contributed by atoms with Crippen molar-refractivity contribution < 1.29 is 4.74 Å². The number of H-pyrrole nitrogens is 1. The molecule has 0 saturated carbocycles. The molecular weight excluding hydrogens is 268 g/mol. The molecule has 1 heterocycles. The molecule has 7 heteroatoms. The summed E-state index contributed by atoms with van der Waals surface area (Å²) >= 11 is 0. The van der Waals surface area contributed by atoms with Crippen molar-refractivity contribution in [3.05, 3.63) is 29.8 Å². The summed E-state index contributed by atoms with van der Waals surface area (Å²) in [5.41, 5.74) is 1.17. The lowest BCUT2D eigenvalue weighted by Crippen LogP contribution is -2.07. The molecule has 0 amide bonds. The zero-order valence-corrected chi connectivity index (χ0v) is 12.1. The predicted octanol–water partition coefficient (Wildman–Crippen LogP) is 2.25. The molecule has 0 saturated heterocycles. The number of aromatic nitrogens is 2. The van der Waals surface area contributed by atoms with Crippen LogP contribution in [0.5, 0.6) is 5.75 Å². The van der Waals surface area contributed by atoms with Gasteiger partial charge in [-0.1, -0.05) is 0 Å². The second kappa shape index (κ2) is 6.43. The van der Waals surface area contributed by atoms with E-state index in [1.54, 1.807) is 18.3 Å². The molecular formula is C14H16N6O. The number of ether oxygens (including phenoxy) is 1. The fourth-order valence-corrected chi connectivity index (χ4v) is 1.61. The summed E-state index contributed by atoms with van der Waals surface area (Å²) in [5.74, 6) is 1.62. The normalized spacial score (nSPS) is 10.4. The van der Waals surface area contributed by atoms with E-state index < -0.39 is 0 Å². The summed E-state index contributed by atoms with van der Waals surface area (Å²) in [4.78, 5) is 5.94. The van der Waals surface area contributed by atoms with E-state index in [1.165, 1.54) is 0 Å². The highest BCUT2D eigenvalue weighted by atomic mass is 16.5. The van der Waals surface area contributed by atoms with Crippen LogP contribution in [-0.4, -0.2) is 42.6 Å². The van der Waals surface area contributed by atoms with Gasteiger partial charge in [0.15, 0.2) is 11.6 Å². The maximum atomic E-state index is 9.26. The minimum Gasteiger partial charge on any atom is -0.497 e. The molecule has 21 heavy (non-hydrogen) atoms. The van der Waals surface area contributed by atoms with Crippen molar-refractivity contribution in [2.75, 3.05) is 26.5 Å². The number of hydrogen-bond acceptors (Lipinski definition) is 5. The van der Waals surface area contributed by atoms with Crippen molar-refractivity contribution in [3.63, 3.8) is 0 Å². The van der Waals surface area contributed by atoms with Crippen LogP contribution >= 0.6 is 0 Å². The third kappa shape index (κ3) is 3.51. The molecule has 2 N–H and O–H groups in total. The van der Waals surface area contributed by atoms with Crippen LogP contribution in [0.1, 0.15) is 5.56 Å². The van der Waals surface area contributed by atoms with Gasteiger partial charge in [0, 0.05) is 19.8 Å². The Balaban J connectivity index is 2.22. The Labute approximate surface area is 122 Å². The van der Waals surface area contributed by atoms with Crippen LogP contribution < -0.4 is 10.1 Å². The maximum Gasteiger partial charge on any atom is 0.172 e. The van der Waals surface area contributed by atoms with E-state index in [2.05, 4.69) is 26.6 Å². The first-order valence-electron chi connectivity index (χ1n) is 6.24. The standard InChI is InChI=1S/C14H16N6O/c1-20(2)9-16-13-12(8-15)14(19-18-13)17-10-4-6-11(21-3)7-5-10/h4-7,9H,1-3H3,(H2,17,18,19)/b16-9+. The number of anilines is 2. The molecule has 0 aliphatic carbocycles. The molecule has 2 rings (SSSR count). The SMILES string of the molecule is COc1ccc(Nc2n[nH]c(/N=C/N(C)C)c2C#N)cc1. The second-order valence-electron chi connectivity index (χ2n) is 4.47. The summed E-state index contributed by atoms with van der Waals surface area (Å²) in [6.07, 6.45) is 1.60. The number of benzene rings is 1. The van der Waals surface area contributed by atoms with Crippen molar-refractivity contribution in [3.8, 4) is 11.8 Å². The molecule has 0 aliphatic heterocycles. The number of aliphatic imine (C=N–C) groups is 1. The highest BCUT2D eigenvalue weighted by molar-refractivity contribution is 5.71. The highest BCUT2D eigenvalue weighted by Crippen LogP contribution is 2.26. The van der Waals surface area contributed by atoms with Crippen molar-refractivity contribution in [2.24, 2.45) is 4.99 Å². The van der Waals surface area contributed by atoms with E-state index in [0.29, 0.717) is 17.2 Å². The van der Waals surface area contributed by atoms with Gasteiger partial charge in [-0.15, -0.1) is 0 Å². The van der Waals surface area contributed by atoms with Gasteiger partial charge in [-0.2, -0.15) is 10.4 Å². The van der Waals surface area contributed by atoms with Crippen molar-refractivity contribution >= 4 is 23.7 Å². The summed E-state index contributed by atoms with van der Waals surface area (Å²) < 4.78 is 5.10. The molecule has 108 valence electrons.